The molecule has 1 N–H and O–H groups in total. The maximum absolute atomic E-state index is 12.7. The van der Waals surface area contributed by atoms with Crippen molar-refractivity contribution in [1.82, 2.24) is 14.7 Å². The van der Waals surface area contributed by atoms with E-state index in [2.05, 4.69) is 17.1 Å². The molecule has 0 bridgehead atoms. The van der Waals surface area contributed by atoms with Crippen LogP contribution in [0, 0.1) is 5.92 Å². The summed E-state index contributed by atoms with van der Waals surface area (Å²) < 4.78 is 0. The lowest BCUT2D eigenvalue weighted by Gasteiger charge is -2.34. The van der Waals surface area contributed by atoms with Crippen molar-refractivity contribution in [3.63, 3.8) is 0 Å². The van der Waals surface area contributed by atoms with Gasteiger partial charge in [-0.15, -0.1) is 0 Å². The molecule has 0 saturated carbocycles. The van der Waals surface area contributed by atoms with Crippen LogP contribution in [-0.4, -0.2) is 77.7 Å². The van der Waals surface area contributed by atoms with E-state index >= 15 is 0 Å². The average Bonchev–Trinajstić information content (AvgIpc) is 3.10. The van der Waals surface area contributed by atoms with Gasteiger partial charge in [0, 0.05) is 56.4 Å². The number of nitrogens with one attached hydrogen (secondary N) is 1. The minimum absolute atomic E-state index is 0.0271. The maximum atomic E-state index is 12.7. The van der Waals surface area contributed by atoms with Crippen LogP contribution in [0.3, 0.4) is 0 Å². The summed E-state index contributed by atoms with van der Waals surface area (Å²) in [6.07, 6.45) is 0.254. The van der Waals surface area contributed by atoms with Crippen LogP contribution in [0.1, 0.15) is 37.6 Å². The average molecular weight is 386 g/mol. The van der Waals surface area contributed by atoms with Gasteiger partial charge in [0.2, 0.25) is 11.8 Å². The molecule has 2 aliphatic rings. The molecule has 0 radical (unpaired) electrons. The molecule has 2 aliphatic heterocycles. The second kappa shape index (κ2) is 8.73. The van der Waals surface area contributed by atoms with Crippen LogP contribution >= 0.6 is 0 Å². The van der Waals surface area contributed by atoms with Crippen LogP contribution in [0.25, 0.3) is 0 Å². The molecule has 1 aromatic rings. The zero-order valence-electron chi connectivity index (χ0n) is 17.0. The maximum Gasteiger partial charge on any atom is 0.253 e. The second-order valence-electron chi connectivity index (χ2n) is 7.83. The summed E-state index contributed by atoms with van der Waals surface area (Å²) in [5, 5.41) is 2.87. The Hall–Kier alpha value is -2.41. The van der Waals surface area contributed by atoms with Gasteiger partial charge in [0.25, 0.3) is 5.91 Å². The lowest BCUT2D eigenvalue weighted by atomic mass is 10.1. The van der Waals surface area contributed by atoms with Crippen molar-refractivity contribution in [2.75, 3.05) is 44.6 Å². The van der Waals surface area contributed by atoms with E-state index in [1.807, 2.05) is 18.7 Å². The zero-order valence-corrected chi connectivity index (χ0v) is 17.0. The van der Waals surface area contributed by atoms with Crippen molar-refractivity contribution in [3.8, 4) is 0 Å². The molecule has 1 unspecified atom stereocenters. The first-order valence-corrected chi connectivity index (χ1v) is 10.1. The fourth-order valence-electron chi connectivity index (χ4n) is 3.80. The number of amides is 3. The molecule has 7 heteroatoms. The third kappa shape index (κ3) is 4.52. The van der Waals surface area contributed by atoms with Crippen molar-refractivity contribution < 1.29 is 14.4 Å². The highest BCUT2D eigenvalue weighted by Crippen LogP contribution is 2.22. The van der Waals surface area contributed by atoms with Crippen molar-refractivity contribution in [1.29, 1.82) is 0 Å². The van der Waals surface area contributed by atoms with Crippen molar-refractivity contribution in [3.05, 3.63) is 29.8 Å². The molecule has 2 saturated heterocycles. The predicted octanol–water partition coefficient (Wildman–Crippen LogP) is 1.66. The predicted molar refractivity (Wildman–Crippen MR) is 108 cm³/mol. The highest BCUT2D eigenvalue weighted by molar-refractivity contribution is 5.98. The Morgan fingerprint density at radius 2 is 1.75 bits per heavy atom. The Morgan fingerprint density at radius 3 is 2.29 bits per heavy atom. The topological polar surface area (TPSA) is 73.0 Å². The molecule has 1 aromatic carbocycles. The van der Waals surface area contributed by atoms with E-state index in [0.717, 1.165) is 32.7 Å². The number of benzene rings is 1. The van der Waals surface area contributed by atoms with Crippen LogP contribution in [0.4, 0.5) is 5.69 Å². The number of rotatable bonds is 5. The number of hydrogen-bond donors (Lipinski definition) is 1. The summed E-state index contributed by atoms with van der Waals surface area (Å²) in [6.45, 7) is 10.8. The number of nitrogens with zero attached hydrogens (tertiary/aromatic N) is 3. The number of carbonyl (C=O) groups is 3. The Labute approximate surface area is 166 Å². The third-order valence-electron chi connectivity index (χ3n) is 5.66. The van der Waals surface area contributed by atoms with Gasteiger partial charge in [0.1, 0.15) is 0 Å². The van der Waals surface area contributed by atoms with Crippen molar-refractivity contribution in [2.45, 2.75) is 33.2 Å². The molecule has 1 atom stereocenters. The summed E-state index contributed by atoms with van der Waals surface area (Å²) in [7, 11) is 0. The molecule has 7 nitrogen and oxygen atoms in total. The van der Waals surface area contributed by atoms with Gasteiger partial charge in [-0.25, -0.2) is 0 Å². The number of hydrogen-bond acceptors (Lipinski definition) is 4. The van der Waals surface area contributed by atoms with E-state index in [1.165, 1.54) is 0 Å². The number of piperazine rings is 1. The Morgan fingerprint density at radius 1 is 1.11 bits per heavy atom. The van der Waals surface area contributed by atoms with Gasteiger partial charge in [-0.1, -0.05) is 6.92 Å². The molecule has 0 aromatic heterocycles. The van der Waals surface area contributed by atoms with Crippen LogP contribution in [0.2, 0.25) is 0 Å². The molecule has 3 amide bonds. The van der Waals surface area contributed by atoms with Gasteiger partial charge in [-0.2, -0.15) is 0 Å². The minimum atomic E-state index is -0.328. The largest absolute Gasteiger partial charge is 0.339 e. The standard InChI is InChI=1S/C21H30N4O3/c1-4-23-9-11-24(12-10-23)21(28)16-5-7-18(8-6-16)22-20(27)17-13-19(26)25(14-17)15(2)3/h5-8,15,17H,4,9-14H2,1-3H3,(H,22,27). The second-order valence-corrected chi connectivity index (χ2v) is 7.83. The number of likely N-dealkylation sites (N-methyl/N-ethyl adjacent to an activating group) is 1. The summed E-state index contributed by atoms with van der Waals surface area (Å²) >= 11 is 0. The molecule has 2 heterocycles. The van der Waals surface area contributed by atoms with Gasteiger partial charge < -0.3 is 20.0 Å². The SMILES string of the molecule is CCN1CCN(C(=O)c2ccc(NC(=O)C3CC(=O)N(C(C)C)C3)cc2)CC1. The first kappa shape index (κ1) is 20.3. The van der Waals surface area contributed by atoms with E-state index < -0.39 is 0 Å². The van der Waals surface area contributed by atoms with E-state index in [9.17, 15) is 14.4 Å². The molecule has 0 spiro atoms. The van der Waals surface area contributed by atoms with Crippen LogP contribution in [0.15, 0.2) is 24.3 Å². The molecule has 152 valence electrons. The van der Waals surface area contributed by atoms with E-state index in [4.69, 9.17) is 0 Å². The summed E-state index contributed by atoms with van der Waals surface area (Å²) in [5.74, 6) is -0.417. The van der Waals surface area contributed by atoms with Gasteiger partial charge in [-0.3, -0.25) is 14.4 Å². The summed E-state index contributed by atoms with van der Waals surface area (Å²) in [5.41, 5.74) is 1.28. The molecule has 2 fully saturated rings. The normalized spacial score (nSPS) is 20.7. The van der Waals surface area contributed by atoms with Gasteiger partial charge in [0.05, 0.1) is 5.92 Å². The van der Waals surface area contributed by atoms with E-state index in [-0.39, 0.29) is 36.1 Å². The van der Waals surface area contributed by atoms with Crippen molar-refractivity contribution in [2.24, 2.45) is 5.92 Å². The number of carbonyl (C=O) groups excluding carboxylic acids is 3. The van der Waals surface area contributed by atoms with Crippen LogP contribution in [-0.2, 0) is 9.59 Å². The quantitative estimate of drug-likeness (QED) is 0.835. The van der Waals surface area contributed by atoms with Crippen LogP contribution in [0.5, 0.6) is 0 Å². The molecular weight excluding hydrogens is 356 g/mol. The third-order valence-corrected chi connectivity index (χ3v) is 5.66. The molecule has 28 heavy (non-hydrogen) atoms. The molecule has 3 rings (SSSR count). The van der Waals surface area contributed by atoms with Gasteiger partial charge in [-0.05, 0) is 44.7 Å². The Bertz CT molecular complexity index is 724. The van der Waals surface area contributed by atoms with Gasteiger partial charge in [0.15, 0.2) is 0 Å². The first-order valence-electron chi connectivity index (χ1n) is 10.1. The van der Waals surface area contributed by atoms with Gasteiger partial charge >= 0.3 is 0 Å². The lowest BCUT2D eigenvalue weighted by Crippen LogP contribution is -2.48. The van der Waals surface area contributed by atoms with E-state index in [0.29, 0.717) is 17.8 Å². The molecular formula is C21H30N4O3. The first-order chi connectivity index (χ1) is 13.4. The molecule has 0 aliphatic carbocycles. The minimum Gasteiger partial charge on any atom is -0.339 e. The highest BCUT2D eigenvalue weighted by Gasteiger charge is 2.35. The van der Waals surface area contributed by atoms with E-state index in [1.54, 1.807) is 29.2 Å². The van der Waals surface area contributed by atoms with Crippen molar-refractivity contribution >= 4 is 23.4 Å². The lowest BCUT2D eigenvalue weighted by molar-refractivity contribution is -0.129. The fourth-order valence-corrected chi connectivity index (χ4v) is 3.80. The monoisotopic (exact) mass is 386 g/mol. The number of likely N-dealkylation sites (tertiary alicyclic amines) is 1. The summed E-state index contributed by atoms with van der Waals surface area (Å²) in [6, 6.07) is 7.12. The Kier molecular flexibility index (Phi) is 6.34. The number of anilines is 1. The fraction of sp³-hybridized carbons (Fsp3) is 0.571. The summed E-state index contributed by atoms with van der Waals surface area (Å²) in [4.78, 5) is 43.1. The Balaban J connectivity index is 1.55. The zero-order chi connectivity index (χ0) is 20.3. The smallest absolute Gasteiger partial charge is 0.253 e. The highest BCUT2D eigenvalue weighted by atomic mass is 16.2. The van der Waals surface area contributed by atoms with Crippen LogP contribution < -0.4 is 5.32 Å².